The second-order valence-electron chi connectivity index (χ2n) is 5.38. The van der Waals surface area contributed by atoms with Gasteiger partial charge >= 0.3 is 0 Å². The zero-order valence-corrected chi connectivity index (χ0v) is 10.6. The monoisotopic (exact) mass is 253 g/mol. The van der Waals surface area contributed by atoms with E-state index >= 15 is 0 Å². The minimum absolute atomic E-state index is 0.323. The lowest BCUT2D eigenvalue weighted by Crippen LogP contribution is -2.30. The van der Waals surface area contributed by atoms with Crippen LogP contribution in [-0.4, -0.2) is 40.3 Å². The molecule has 100 valence electrons. The van der Waals surface area contributed by atoms with E-state index in [1.54, 1.807) is 12.1 Å². The van der Waals surface area contributed by atoms with E-state index in [-0.39, 0.29) is 5.82 Å². The van der Waals surface area contributed by atoms with E-state index in [1.807, 2.05) is 6.92 Å². The van der Waals surface area contributed by atoms with Gasteiger partial charge in [-0.3, -0.25) is 0 Å². The predicted octanol–water partition coefficient (Wildman–Crippen LogP) is 1.71. The molecule has 0 spiro atoms. The van der Waals surface area contributed by atoms with Gasteiger partial charge in [-0.05, 0) is 37.5 Å². The van der Waals surface area contributed by atoms with Crippen LogP contribution in [0.3, 0.4) is 0 Å². The Morgan fingerprint density at radius 3 is 2.89 bits per heavy atom. The maximum Gasteiger partial charge on any atom is 0.123 e. The van der Waals surface area contributed by atoms with Crippen LogP contribution in [-0.2, 0) is 0 Å². The van der Waals surface area contributed by atoms with Crippen LogP contribution in [0, 0.1) is 5.82 Å². The van der Waals surface area contributed by atoms with Crippen LogP contribution < -0.4 is 0 Å². The van der Waals surface area contributed by atoms with Gasteiger partial charge in [-0.2, -0.15) is 0 Å². The number of aliphatic hydroxyl groups excluding tert-OH is 1. The van der Waals surface area contributed by atoms with Gasteiger partial charge in [0.15, 0.2) is 0 Å². The van der Waals surface area contributed by atoms with E-state index in [9.17, 15) is 14.6 Å². The molecule has 1 heterocycles. The van der Waals surface area contributed by atoms with Gasteiger partial charge in [0.2, 0.25) is 0 Å². The molecule has 18 heavy (non-hydrogen) atoms. The predicted molar refractivity (Wildman–Crippen MR) is 67.7 cm³/mol. The van der Waals surface area contributed by atoms with Crippen LogP contribution >= 0.6 is 0 Å². The van der Waals surface area contributed by atoms with Gasteiger partial charge in [0.25, 0.3) is 0 Å². The summed E-state index contributed by atoms with van der Waals surface area (Å²) < 4.78 is 13.0. The molecular formula is C14H20FNO2. The molecule has 0 aliphatic carbocycles. The topological polar surface area (TPSA) is 43.7 Å². The van der Waals surface area contributed by atoms with E-state index in [0.29, 0.717) is 25.1 Å². The molecule has 2 rings (SSSR count). The number of nitrogens with zero attached hydrogens (tertiary/aromatic N) is 1. The molecule has 1 aliphatic rings. The Bertz CT molecular complexity index is 409. The standard InChI is InChI=1S/C14H20FNO2/c1-14(18)6-8-16(10-14)7-5-13(17)11-3-2-4-12(15)9-11/h2-4,9,13,17-18H,5-8,10H2,1H3. The summed E-state index contributed by atoms with van der Waals surface area (Å²) in [6.07, 6.45) is 0.675. The molecule has 1 aliphatic heterocycles. The van der Waals surface area contributed by atoms with Crippen molar-refractivity contribution in [3.63, 3.8) is 0 Å². The number of benzene rings is 1. The smallest absolute Gasteiger partial charge is 0.123 e. The summed E-state index contributed by atoms with van der Waals surface area (Å²) in [5.41, 5.74) is 0.00466. The van der Waals surface area contributed by atoms with Crippen molar-refractivity contribution in [1.82, 2.24) is 4.90 Å². The molecule has 2 atom stereocenters. The van der Waals surface area contributed by atoms with Crippen molar-refractivity contribution in [2.24, 2.45) is 0 Å². The highest BCUT2D eigenvalue weighted by atomic mass is 19.1. The molecule has 2 N–H and O–H groups in total. The highest BCUT2D eigenvalue weighted by molar-refractivity contribution is 5.18. The molecular weight excluding hydrogens is 233 g/mol. The SMILES string of the molecule is CC1(O)CCN(CCC(O)c2cccc(F)c2)C1. The largest absolute Gasteiger partial charge is 0.389 e. The Labute approximate surface area is 107 Å². The number of halogens is 1. The molecule has 1 aromatic carbocycles. The van der Waals surface area contributed by atoms with Gasteiger partial charge in [-0.1, -0.05) is 12.1 Å². The molecule has 0 saturated carbocycles. The molecule has 2 unspecified atom stereocenters. The highest BCUT2D eigenvalue weighted by Crippen LogP contribution is 2.23. The van der Waals surface area contributed by atoms with Crippen molar-refractivity contribution in [2.45, 2.75) is 31.5 Å². The van der Waals surface area contributed by atoms with Crippen LogP contribution in [0.5, 0.6) is 0 Å². The fraction of sp³-hybridized carbons (Fsp3) is 0.571. The van der Waals surface area contributed by atoms with Crippen molar-refractivity contribution in [1.29, 1.82) is 0 Å². The summed E-state index contributed by atoms with van der Waals surface area (Å²) >= 11 is 0. The van der Waals surface area contributed by atoms with Gasteiger partial charge < -0.3 is 15.1 Å². The summed E-state index contributed by atoms with van der Waals surface area (Å²) in [5, 5.41) is 19.8. The van der Waals surface area contributed by atoms with Crippen LogP contribution in [0.25, 0.3) is 0 Å². The minimum atomic E-state index is -0.647. The number of hydrogen-bond acceptors (Lipinski definition) is 3. The third-order valence-electron chi connectivity index (χ3n) is 3.48. The minimum Gasteiger partial charge on any atom is -0.389 e. The molecule has 3 nitrogen and oxygen atoms in total. The number of β-amino-alcohol motifs (C(OH)–C–C–N with tert-alkyl or cyclic N) is 1. The molecule has 0 aromatic heterocycles. The first-order valence-electron chi connectivity index (χ1n) is 6.34. The lowest BCUT2D eigenvalue weighted by atomic mass is 10.1. The van der Waals surface area contributed by atoms with Crippen molar-refractivity contribution in [3.8, 4) is 0 Å². The zero-order valence-electron chi connectivity index (χ0n) is 10.6. The summed E-state index contributed by atoms with van der Waals surface area (Å²) in [6, 6.07) is 6.07. The van der Waals surface area contributed by atoms with Crippen LogP contribution in [0.4, 0.5) is 4.39 Å². The molecule has 1 fully saturated rings. The van der Waals surface area contributed by atoms with Crippen molar-refractivity contribution >= 4 is 0 Å². The van der Waals surface area contributed by atoms with Crippen molar-refractivity contribution in [2.75, 3.05) is 19.6 Å². The highest BCUT2D eigenvalue weighted by Gasteiger charge is 2.31. The Morgan fingerprint density at radius 2 is 2.28 bits per heavy atom. The Morgan fingerprint density at radius 1 is 1.50 bits per heavy atom. The van der Waals surface area contributed by atoms with Gasteiger partial charge in [0.1, 0.15) is 5.82 Å². The van der Waals surface area contributed by atoms with Crippen LogP contribution in [0.1, 0.15) is 31.4 Å². The summed E-state index contributed by atoms with van der Waals surface area (Å²) in [4.78, 5) is 2.13. The molecule has 0 amide bonds. The van der Waals surface area contributed by atoms with E-state index in [2.05, 4.69) is 4.90 Å². The van der Waals surface area contributed by atoms with Gasteiger partial charge in [0.05, 0.1) is 11.7 Å². The first-order chi connectivity index (χ1) is 8.46. The lowest BCUT2D eigenvalue weighted by molar-refractivity contribution is 0.0655. The van der Waals surface area contributed by atoms with E-state index < -0.39 is 11.7 Å². The third kappa shape index (κ3) is 3.51. The second-order valence-corrected chi connectivity index (χ2v) is 5.38. The number of likely N-dealkylation sites (tertiary alicyclic amines) is 1. The van der Waals surface area contributed by atoms with Crippen LogP contribution in [0.15, 0.2) is 24.3 Å². The quantitative estimate of drug-likeness (QED) is 0.858. The average Bonchev–Trinajstić information content (AvgIpc) is 2.66. The van der Waals surface area contributed by atoms with E-state index in [0.717, 1.165) is 13.0 Å². The summed E-state index contributed by atoms with van der Waals surface area (Å²) in [6.45, 7) is 4.04. The maximum atomic E-state index is 13.0. The van der Waals surface area contributed by atoms with Crippen molar-refractivity contribution < 1.29 is 14.6 Å². The summed E-state index contributed by atoms with van der Waals surface area (Å²) in [5.74, 6) is -0.323. The molecule has 4 heteroatoms. The van der Waals surface area contributed by atoms with Gasteiger partial charge in [-0.25, -0.2) is 4.39 Å². The molecule has 0 bridgehead atoms. The first-order valence-corrected chi connectivity index (χ1v) is 6.34. The Kier molecular flexibility index (Phi) is 4.00. The fourth-order valence-electron chi connectivity index (χ4n) is 2.42. The number of hydrogen-bond donors (Lipinski definition) is 2. The number of rotatable bonds is 4. The first kappa shape index (κ1) is 13.5. The second kappa shape index (κ2) is 5.34. The Hall–Kier alpha value is -0.970. The van der Waals surface area contributed by atoms with Gasteiger partial charge in [0, 0.05) is 19.6 Å². The number of aliphatic hydroxyl groups is 2. The summed E-state index contributed by atoms with van der Waals surface area (Å²) in [7, 11) is 0. The fourth-order valence-corrected chi connectivity index (χ4v) is 2.42. The average molecular weight is 253 g/mol. The molecule has 0 radical (unpaired) electrons. The van der Waals surface area contributed by atoms with Gasteiger partial charge in [-0.15, -0.1) is 0 Å². The van der Waals surface area contributed by atoms with Crippen LogP contribution in [0.2, 0.25) is 0 Å². The van der Waals surface area contributed by atoms with Crippen molar-refractivity contribution in [3.05, 3.63) is 35.6 Å². The lowest BCUT2D eigenvalue weighted by Gasteiger charge is -2.20. The van der Waals surface area contributed by atoms with E-state index in [1.165, 1.54) is 12.1 Å². The Balaban J connectivity index is 1.84. The van der Waals surface area contributed by atoms with E-state index in [4.69, 9.17) is 0 Å². The normalized spacial score (nSPS) is 26.4. The zero-order chi connectivity index (χ0) is 13.2. The third-order valence-corrected chi connectivity index (χ3v) is 3.48. The maximum absolute atomic E-state index is 13.0. The molecule has 1 aromatic rings. The molecule has 1 saturated heterocycles.